The van der Waals surface area contributed by atoms with Gasteiger partial charge in [0.05, 0.1) is 0 Å². The smallest absolute Gasteiger partial charge is 0.219 e. The minimum Gasteiger partial charge on any atom is -0.359 e. The number of hydrogen-bond donors (Lipinski definition) is 1. The number of nitrogens with one attached hydrogen (secondary N) is 1. The lowest BCUT2D eigenvalue weighted by Gasteiger charge is -2.24. The molecule has 1 aliphatic rings. The van der Waals surface area contributed by atoms with Gasteiger partial charge in [0.15, 0.2) is 0 Å². The Kier molecular flexibility index (Phi) is 3.40. The van der Waals surface area contributed by atoms with E-state index in [1.54, 1.807) is 7.05 Å². The molecular weight excluding hydrogens is 138 g/mol. The normalized spacial score (nSPS) is 17.5. The molecule has 11 heavy (non-hydrogen) atoms. The molecule has 1 N–H and O–H groups in total. The van der Waals surface area contributed by atoms with Crippen LogP contribution >= 0.6 is 0 Å². The zero-order valence-electron chi connectivity index (χ0n) is 7.23. The van der Waals surface area contributed by atoms with E-state index in [2.05, 4.69) is 5.32 Å². The van der Waals surface area contributed by atoms with Gasteiger partial charge in [-0.25, -0.2) is 0 Å². The molecule has 1 rings (SSSR count). The third-order valence-corrected chi connectivity index (χ3v) is 2.52. The molecule has 0 saturated heterocycles. The van der Waals surface area contributed by atoms with Gasteiger partial charge in [-0.05, 0) is 18.8 Å². The molecule has 0 aliphatic heterocycles. The third-order valence-electron chi connectivity index (χ3n) is 2.52. The SMILES string of the molecule is CNC(=O)CCCC1CCC1. The first-order valence-corrected chi connectivity index (χ1v) is 4.53. The summed E-state index contributed by atoms with van der Waals surface area (Å²) in [4.78, 5) is 10.8. The number of hydrogen-bond acceptors (Lipinski definition) is 1. The largest absolute Gasteiger partial charge is 0.359 e. The van der Waals surface area contributed by atoms with Crippen molar-refractivity contribution in [1.29, 1.82) is 0 Å². The zero-order chi connectivity index (χ0) is 8.10. The molecule has 2 nitrogen and oxygen atoms in total. The Bertz CT molecular complexity index is 130. The van der Waals surface area contributed by atoms with Gasteiger partial charge in [0, 0.05) is 13.5 Å². The number of rotatable bonds is 4. The van der Waals surface area contributed by atoms with E-state index < -0.39 is 0 Å². The van der Waals surface area contributed by atoms with Gasteiger partial charge >= 0.3 is 0 Å². The maximum absolute atomic E-state index is 10.8. The molecular formula is C9H17NO. The minimum atomic E-state index is 0.185. The first kappa shape index (κ1) is 8.57. The van der Waals surface area contributed by atoms with Crippen LogP contribution in [0.4, 0.5) is 0 Å². The number of amides is 1. The molecule has 1 aliphatic carbocycles. The summed E-state index contributed by atoms with van der Waals surface area (Å²) in [5.74, 6) is 1.13. The van der Waals surface area contributed by atoms with Crippen molar-refractivity contribution < 1.29 is 4.79 Å². The van der Waals surface area contributed by atoms with Crippen LogP contribution in [0.5, 0.6) is 0 Å². The van der Waals surface area contributed by atoms with Crippen LogP contribution in [-0.4, -0.2) is 13.0 Å². The van der Waals surface area contributed by atoms with E-state index in [9.17, 15) is 4.79 Å². The fourth-order valence-electron chi connectivity index (χ4n) is 1.46. The van der Waals surface area contributed by atoms with E-state index >= 15 is 0 Å². The topological polar surface area (TPSA) is 29.1 Å². The molecule has 0 unspecified atom stereocenters. The summed E-state index contributed by atoms with van der Waals surface area (Å²) in [5, 5.41) is 2.64. The van der Waals surface area contributed by atoms with E-state index in [0.29, 0.717) is 6.42 Å². The van der Waals surface area contributed by atoms with Crippen LogP contribution in [0, 0.1) is 5.92 Å². The molecule has 0 spiro atoms. The van der Waals surface area contributed by atoms with Gasteiger partial charge in [-0.3, -0.25) is 4.79 Å². The maximum Gasteiger partial charge on any atom is 0.219 e. The summed E-state index contributed by atoms with van der Waals surface area (Å²) in [6, 6.07) is 0. The highest BCUT2D eigenvalue weighted by molar-refractivity contribution is 5.75. The van der Waals surface area contributed by atoms with Crippen LogP contribution in [0.15, 0.2) is 0 Å². The summed E-state index contributed by atoms with van der Waals surface area (Å²) in [6.07, 6.45) is 7.25. The standard InChI is InChI=1S/C9H17NO/c1-10-9(11)7-3-6-8-4-2-5-8/h8H,2-7H2,1H3,(H,10,11). The van der Waals surface area contributed by atoms with Gasteiger partial charge in [0.2, 0.25) is 5.91 Å². The molecule has 1 amide bonds. The van der Waals surface area contributed by atoms with Gasteiger partial charge in [-0.15, -0.1) is 0 Å². The van der Waals surface area contributed by atoms with Crippen molar-refractivity contribution in [3.05, 3.63) is 0 Å². The van der Waals surface area contributed by atoms with Crippen LogP contribution in [0.25, 0.3) is 0 Å². The van der Waals surface area contributed by atoms with E-state index in [4.69, 9.17) is 0 Å². The van der Waals surface area contributed by atoms with Crippen LogP contribution in [0.1, 0.15) is 38.5 Å². The van der Waals surface area contributed by atoms with E-state index in [-0.39, 0.29) is 5.91 Å². The molecule has 0 aromatic rings. The first-order chi connectivity index (χ1) is 5.33. The Labute approximate surface area is 68.4 Å². The highest BCUT2D eigenvalue weighted by Gasteiger charge is 2.16. The summed E-state index contributed by atoms with van der Waals surface area (Å²) < 4.78 is 0. The van der Waals surface area contributed by atoms with Crippen molar-refractivity contribution >= 4 is 5.91 Å². The van der Waals surface area contributed by atoms with Crippen LogP contribution in [0.3, 0.4) is 0 Å². The average Bonchev–Trinajstić information content (AvgIpc) is 1.94. The Morgan fingerprint density at radius 2 is 2.27 bits per heavy atom. The van der Waals surface area contributed by atoms with Gasteiger partial charge in [-0.1, -0.05) is 19.3 Å². The second-order valence-corrected chi connectivity index (χ2v) is 3.36. The molecule has 64 valence electrons. The Morgan fingerprint density at radius 3 is 2.73 bits per heavy atom. The highest BCUT2D eigenvalue weighted by Crippen LogP contribution is 2.30. The summed E-state index contributed by atoms with van der Waals surface area (Å²) in [7, 11) is 1.70. The van der Waals surface area contributed by atoms with Crippen LogP contribution < -0.4 is 5.32 Å². The van der Waals surface area contributed by atoms with Crippen molar-refractivity contribution in [2.24, 2.45) is 5.92 Å². The molecule has 0 bridgehead atoms. The second-order valence-electron chi connectivity index (χ2n) is 3.36. The zero-order valence-corrected chi connectivity index (χ0v) is 7.23. The Balaban J connectivity index is 1.90. The fraction of sp³-hybridized carbons (Fsp3) is 0.889. The highest BCUT2D eigenvalue weighted by atomic mass is 16.1. The molecule has 0 aromatic carbocycles. The minimum absolute atomic E-state index is 0.185. The molecule has 0 heterocycles. The van der Waals surface area contributed by atoms with Crippen LogP contribution in [0.2, 0.25) is 0 Å². The molecule has 0 aromatic heterocycles. The molecule has 0 radical (unpaired) electrons. The monoisotopic (exact) mass is 155 g/mol. The number of carbonyl (C=O) groups excluding carboxylic acids is 1. The quantitative estimate of drug-likeness (QED) is 0.657. The van der Waals surface area contributed by atoms with Crippen molar-refractivity contribution in [3.63, 3.8) is 0 Å². The van der Waals surface area contributed by atoms with E-state index in [1.807, 2.05) is 0 Å². The molecule has 1 fully saturated rings. The molecule has 1 saturated carbocycles. The fourth-order valence-corrected chi connectivity index (χ4v) is 1.46. The van der Waals surface area contributed by atoms with Gasteiger partial charge in [0.25, 0.3) is 0 Å². The lowest BCUT2D eigenvalue weighted by molar-refractivity contribution is -0.120. The Hall–Kier alpha value is -0.530. The van der Waals surface area contributed by atoms with Crippen molar-refractivity contribution in [1.82, 2.24) is 5.32 Å². The first-order valence-electron chi connectivity index (χ1n) is 4.53. The van der Waals surface area contributed by atoms with E-state index in [1.165, 1.54) is 25.7 Å². The molecule has 0 atom stereocenters. The molecule has 2 heteroatoms. The van der Waals surface area contributed by atoms with Crippen molar-refractivity contribution in [3.8, 4) is 0 Å². The van der Waals surface area contributed by atoms with Gasteiger partial charge < -0.3 is 5.32 Å². The number of carbonyl (C=O) groups is 1. The summed E-state index contributed by atoms with van der Waals surface area (Å²) >= 11 is 0. The predicted octanol–water partition coefficient (Wildman–Crippen LogP) is 1.70. The van der Waals surface area contributed by atoms with Crippen molar-refractivity contribution in [2.75, 3.05) is 7.05 Å². The summed E-state index contributed by atoms with van der Waals surface area (Å²) in [6.45, 7) is 0. The second kappa shape index (κ2) is 4.37. The van der Waals surface area contributed by atoms with Crippen LogP contribution in [-0.2, 0) is 4.79 Å². The third kappa shape index (κ3) is 2.91. The van der Waals surface area contributed by atoms with E-state index in [0.717, 1.165) is 12.3 Å². The van der Waals surface area contributed by atoms with Crippen molar-refractivity contribution in [2.45, 2.75) is 38.5 Å². The average molecular weight is 155 g/mol. The maximum atomic E-state index is 10.8. The van der Waals surface area contributed by atoms with Gasteiger partial charge in [0.1, 0.15) is 0 Å². The summed E-state index contributed by atoms with van der Waals surface area (Å²) in [5.41, 5.74) is 0. The predicted molar refractivity (Wildman–Crippen MR) is 45.3 cm³/mol. The van der Waals surface area contributed by atoms with Gasteiger partial charge in [-0.2, -0.15) is 0 Å². The Morgan fingerprint density at radius 1 is 1.55 bits per heavy atom. The lowest BCUT2D eigenvalue weighted by Crippen LogP contribution is -2.18. The lowest BCUT2D eigenvalue weighted by atomic mass is 9.82.